The molecule has 0 saturated heterocycles. The molecule has 4 nitrogen and oxygen atoms in total. The van der Waals surface area contributed by atoms with Gasteiger partial charge in [0, 0.05) is 17.3 Å². The fourth-order valence-electron chi connectivity index (χ4n) is 3.36. The van der Waals surface area contributed by atoms with Gasteiger partial charge in [-0.1, -0.05) is 55.0 Å². The summed E-state index contributed by atoms with van der Waals surface area (Å²) in [6.45, 7) is 13.8. The van der Waals surface area contributed by atoms with Crippen molar-refractivity contribution in [3.05, 3.63) is 59.4 Å². The highest BCUT2D eigenvalue weighted by Crippen LogP contribution is 2.44. The SMILES string of the molecule is C.CC(C)(C)CCOc1ccc(C(=O)NC2(c3ccccn3)CC2)cc1C(C)(C)C. The van der Waals surface area contributed by atoms with Crippen LogP contribution < -0.4 is 10.1 Å². The molecule has 0 radical (unpaired) electrons. The first-order valence-electron chi connectivity index (χ1n) is 10.5. The molecule has 1 aliphatic carbocycles. The van der Waals surface area contributed by atoms with Crippen LogP contribution in [0.1, 0.15) is 89.8 Å². The first-order valence-corrected chi connectivity index (χ1v) is 10.5. The molecular formula is C26H38N2O2. The molecule has 30 heavy (non-hydrogen) atoms. The summed E-state index contributed by atoms with van der Waals surface area (Å²) in [5.74, 6) is 0.809. The maximum absolute atomic E-state index is 13.0. The van der Waals surface area contributed by atoms with E-state index in [2.05, 4.69) is 51.8 Å². The smallest absolute Gasteiger partial charge is 0.252 e. The molecule has 0 bridgehead atoms. The number of benzene rings is 1. The fourth-order valence-corrected chi connectivity index (χ4v) is 3.36. The summed E-state index contributed by atoms with van der Waals surface area (Å²) in [7, 11) is 0. The van der Waals surface area contributed by atoms with E-state index >= 15 is 0 Å². The van der Waals surface area contributed by atoms with Crippen LogP contribution in [0, 0.1) is 5.41 Å². The topological polar surface area (TPSA) is 51.2 Å². The Balaban J connectivity index is 0.00000320. The number of amides is 1. The Kier molecular flexibility index (Phi) is 7.01. The fraction of sp³-hybridized carbons (Fsp3) is 0.538. The van der Waals surface area contributed by atoms with Crippen molar-refractivity contribution in [2.24, 2.45) is 5.41 Å². The van der Waals surface area contributed by atoms with Crippen molar-refractivity contribution in [2.75, 3.05) is 6.61 Å². The normalized spacial score (nSPS) is 15.1. The quantitative estimate of drug-likeness (QED) is 0.612. The highest BCUT2D eigenvalue weighted by molar-refractivity contribution is 5.95. The predicted octanol–water partition coefficient (Wildman–Crippen LogP) is 6.25. The molecule has 164 valence electrons. The monoisotopic (exact) mass is 410 g/mol. The third kappa shape index (κ3) is 5.84. The van der Waals surface area contributed by atoms with E-state index in [1.807, 2.05) is 36.4 Å². The Morgan fingerprint density at radius 3 is 2.33 bits per heavy atom. The van der Waals surface area contributed by atoms with Gasteiger partial charge >= 0.3 is 0 Å². The molecular weight excluding hydrogens is 372 g/mol. The number of nitrogens with zero attached hydrogens (tertiary/aromatic N) is 1. The van der Waals surface area contributed by atoms with Crippen LogP contribution in [-0.4, -0.2) is 17.5 Å². The van der Waals surface area contributed by atoms with Gasteiger partial charge in [0.05, 0.1) is 17.8 Å². The van der Waals surface area contributed by atoms with Crippen molar-refractivity contribution in [2.45, 2.75) is 79.2 Å². The molecule has 1 aromatic carbocycles. The number of hydrogen-bond donors (Lipinski definition) is 1. The first-order chi connectivity index (χ1) is 13.5. The lowest BCUT2D eigenvalue weighted by Gasteiger charge is -2.25. The van der Waals surface area contributed by atoms with E-state index in [-0.39, 0.29) is 29.7 Å². The van der Waals surface area contributed by atoms with Gasteiger partial charge in [0.25, 0.3) is 5.91 Å². The second-order valence-electron chi connectivity index (χ2n) is 10.4. The third-order valence-electron chi connectivity index (χ3n) is 5.42. The van der Waals surface area contributed by atoms with Gasteiger partial charge < -0.3 is 10.1 Å². The molecule has 1 fully saturated rings. The summed E-state index contributed by atoms with van der Waals surface area (Å²) in [4.78, 5) is 17.5. The molecule has 3 rings (SSSR count). The molecule has 1 N–H and O–H groups in total. The summed E-state index contributed by atoms with van der Waals surface area (Å²) >= 11 is 0. The zero-order valence-corrected chi connectivity index (χ0v) is 18.6. The Morgan fingerprint density at radius 1 is 1.10 bits per heavy atom. The van der Waals surface area contributed by atoms with E-state index in [9.17, 15) is 4.79 Å². The maximum atomic E-state index is 13.0. The molecule has 0 spiro atoms. The molecule has 1 aliphatic rings. The molecule has 0 aliphatic heterocycles. The lowest BCUT2D eigenvalue weighted by molar-refractivity contribution is 0.0929. The van der Waals surface area contributed by atoms with Gasteiger partial charge in [-0.3, -0.25) is 9.78 Å². The Labute approximate surface area is 182 Å². The molecule has 1 heterocycles. The van der Waals surface area contributed by atoms with E-state index in [1.165, 1.54) is 0 Å². The average molecular weight is 411 g/mol. The number of carbonyl (C=O) groups excluding carboxylic acids is 1. The maximum Gasteiger partial charge on any atom is 0.252 e. The van der Waals surface area contributed by atoms with E-state index in [1.54, 1.807) is 6.20 Å². The van der Waals surface area contributed by atoms with Gasteiger partial charge in [-0.25, -0.2) is 0 Å². The van der Waals surface area contributed by atoms with Gasteiger partial charge in [0.1, 0.15) is 5.75 Å². The molecule has 2 aromatic rings. The summed E-state index contributed by atoms with van der Waals surface area (Å²) in [5, 5.41) is 3.22. The minimum absolute atomic E-state index is 0. The number of carbonyl (C=O) groups is 1. The number of ether oxygens (including phenoxy) is 1. The van der Waals surface area contributed by atoms with Gasteiger partial charge in [-0.2, -0.15) is 0 Å². The molecule has 4 heteroatoms. The van der Waals surface area contributed by atoms with E-state index in [0.717, 1.165) is 36.3 Å². The van der Waals surface area contributed by atoms with Gasteiger partial charge in [0.15, 0.2) is 0 Å². The number of nitrogens with one attached hydrogen (secondary N) is 1. The van der Waals surface area contributed by atoms with E-state index in [4.69, 9.17) is 4.74 Å². The number of pyridine rings is 1. The van der Waals surface area contributed by atoms with Gasteiger partial charge in [0.2, 0.25) is 0 Å². The largest absolute Gasteiger partial charge is 0.493 e. The lowest BCUT2D eigenvalue weighted by atomic mass is 9.85. The van der Waals surface area contributed by atoms with Crippen LogP contribution in [0.15, 0.2) is 42.6 Å². The number of aromatic nitrogens is 1. The van der Waals surface area contributed by atoms with E-state index < -0.39 is 0 Å². The van der Waals surface area contributed by atoms with Crippen molar-refractivity contribution in [1.29, 1.82) is 0 Å². The standard InChI is InChI=1S/C25H34N2O2.CH4/c1-23(2,3)14-16-29-20-11-10-18(17-19(20)24(4,5)6)22(28)27-25(12-13-25)21-9-7-8-15-26-21;/h7-11,15,17H,12-14,16H2,1-6H3,(H,27,28);1H4. The van der Waals surface area contributed by atoms with Crippen LogP contribution in [0.5, 0.6) is 5.75 Å². The minimum Gasteiger partial charge on any atom is -0.493 e. The number of hydrogen-bond acceptors (Lipinski definition) is 3. The van der Waals surface area contributed by atoms with Crippen LogP contribution in [0.2, 0.25) is 0 Å². The van der Waals surface area contributed by atoms with Gasteiger partial charge in [-0.05, 0) is 60.4 Å². The zero-order chi connectivity index (χ0) is 21.3. The summed E-state index contributed by atoms with van der Waals surface area (Å²) in [6.07, 6.45) is 4.61. The molecule has 0 atom stereocenters. The molecule has 0 unspecified atom stereocenters. The second-order valence-corrected chi connectivity index (χ2v) is 10.4. The molecule has 1 aromatic heterocycles. The highest BCUT2D eigenvalue weighted by Gasteiger charge is 2.47. The lowest BCUT2D eigenvalue weighted by Crippen LogP contribution is -2.35. The average Bonchev–Trinajstić information content (AvgIpc) is 3.41. The van der Waals surface area contributed by atoms with Crippen LogP contribution in [-0.2, 0) is 11.0 Å². The highest BCUT2D eigenvalue weighted by atomic mass is 16.5. The Hall–Kier alpha value is -2.36. The van der Waals surface area contributed by atoms with Crippen LogP contribution >= 0.6 is 0 Å². The van der Waals surface area contributed by atoms with Crippen LogP contribution in [0.4, 0.5) is 0 Å². The summed E-state index contributed by atoms with van der Waals surface area (Å²) in [6, 6.07) is 11.6. The third-order valence-corrected chi connectivity index (χ3v) is 5.42. The Morgan fingerprint density at radius 2 is 1.80 bits per heavy atom. The van der Waals surface area contributed by atoms with Gasteiger partial charge in [-0.15, -0.1) is 0 Å². The zero-order valence-electron chi connectivity index (χ0n) is 18.6. The minimum atomic E-state index is -0.317. The number of rotatable bonds is 6. The van der Waals surface area contributed by atoms with Crippen molar-refractivity contribution in [1.82, 2.24) is 10.3 Å². The van der Waals surface area contributed by atoms with Crippen molar-refractivity contribution >= 4 is 5.91 Å². The first kappa shape index (κ1) is 23.9. The Bertz CT molecular complexity index is 857. The summed E-state index contributed by atoms with van der Waals surface area (Å²) in [5.41, 5.74) is 2.45. The van der Waals surface area contributed by atoms with E-state index in [0.29, 0.717) is 12.2 Å². The molecule has 1 amide bonds. The molecule has 1 saturated carbocycles. The second kappa shape index (κ2) is 8.79. The summed E-state index contributed by atoms with van der Waals surface area (Å²) < 4.78 is 6.12. The van der Waals surface area contributed by atoms with Crippen LogP contribution in [0.3, 0.4) is 0 Å². The van der Waals surface area contributed by atoms with Crippen molar-refractivity contribution in [3.63, 3.8) is 0 Å². The van der Waals surface area contributed by atoms with Crippen molar-refractivity contribution < 1.29 is 9.53 Å². The predicted molar refractivity (Wildman–Crippen MR) is 124 cm³/mol. The van der Waals surface area contributed by atoms with Crippen LogP contribution in [0.25, 0.3) is 0 Å². The van der Waals surface area contributed by atoms with Crippen molar-refractivity contribution in [3.8, 4) is 5.75 Å².